The molecule has 0 fully saturated rings. The zero-order chi connectivity index (χ0) is 19.8. The van der Waals surface area contributed by atoms with Gasteiger partial charge in [0.25, 0.3) is 5.89 Å². The quantitative estimate of drug-likeness (QED) is 0.509. The third kappa shape index (κ3) is 3.14. The van der Waals surface area contributed by atoms with Gasteiger partial charge in [0.15, 0.2) is 5.58 Å². The number of benzene rings is 2. The Labute approximate surface area is 162 Å². The van der Waals surface area contributed by atoms with E-state index < -0.39 is 17.7 Å². The summed E-state index contributed by atoms with van der Waals surface area (Å²) >= 11 is 1.03. The number of hydrogen-bond acceptors (Lipinski definition) is 5. The van der Waals surface area contributed by atoms with Crippen LogP contribution in [0.3, 0.4) is 0 Å². The van der Waals surface area contributed by atoms with Crippen molar-refractivity contribution in [3.63, 3.8) is 0 Å². The molecule has 0 aliphatic rings. The summed E-state index contributed by atoms with van der Waals surface area (Å²) in [5.41, 5.74) is 1.71. The van der Waals surface area contributed by atoms with Gasteiger partial charge in [-0.25, -0.2) is 14.2 Å². The third-order valence-corrected chi connectivity index (χ3v) is 5.12. The van der Waals surface area contributed by atoms with E-state index in [0.29, 0.717) is 11.1 Å². The van der Waals surface area contributed by atoms with E-state index in [1.807, 2.05) is 0 Å². The average Bonchev–Trinajstić information content (AvgIpc) is 3.26. The molecule has 0 saturated carbocycles. The van der Waals surface area contributed by atoms with Gasteiger partial charge in [0, 0.05) is 10.9 Å². The third-order valence-electron chi connectivity index (χ3n) is 4.11. The number of hydrogen-bond donors (Lipinski definition) is 2. The number of aromatic carboxylic acids is 1. The molecule has 8 heteroatoms. The lowest BCUT2D eigenvalue weighted by atomic mass is 10.1. The Hall–Kier alpha value is -3.52. The molecule has 140 valence electrons. The van der Waals surface area contributed by atoms with Crippen molar-refractivity contribution in [2.45, 2.75) is 6.92 Å². The highest BCUT2D eigenvalue weighted by atomic mass is 32.1. The van der Waals surface area contributed by atoms with Crippen LogP contribution in [0.5, 0.6) is 0 Å². The first-order valence-corrected chi connectivity index (χ1v) is 9.10. The van der Waals surface area contributed by atoms with E-state index in [1.165, 1.54) is 17.5 Å². The maximum Gasteiger partial charge on any atom is 0.339 e. The van der Waals surface area contributed by atoms with E-state index in [-0.39, 0.29) is 27.6 Å². The number of aryl methyl sites for hydroxylation is 1. The Morgan fingerprint density at radius 2 is 2.00 bits per heavy atom. The molecule has 0 atom stereocenters. The molecule has 2 aromatic carbocycles. The van der Waals surface area contributed by atoms with Crippen molar-refractivity contribution in [2.24, 2.45) is 0 Å². The van der Waals surface area contributed by atoms with Gasteiger partial charge < -0.3 is 14.8 Å². The van der Waals surface area contributed by atoms with E-state index in [4.69, 9.17) is 4.42 Å². The number of amides is 1. The van der Waals surface area contributed by atoms with Crippen LogP contribution in [-0.2, 0) is 0 Å². The van der Waals surface area contributed by atoms with E-state index >= 15 is 0 Å². The molecule has 0 bridgehead atoms. The van der Waals surface area contributed by atoms with Gasteiger partial charge in [-0.15, -0.1) is 11.3 Å². The topological polar surface area (TPSA) is 92.4 Å². The fourth-order valence-electron chi connectivity index (χ4n) is 2.81. The number of nitrogens with zero attached hydrogens (tertiary/aromatic N) is 1. The van der Waals surface area contributed by atoms with Gasteiger partial charge in [-0.05, 0) is 30.7 Å². The van der Waals surface area contributed by atoms with Crippen LogP contribution in [0.25, 0.3) is 21.5 Å². The SMILES string of the molecule is Cc1ccc(-c2scc(NC(=O)c3nc4ccccc4o3)c2C(=O)O)c(F)c1. The van der Waals surface area contributed by atoms with Crippen LogP contribution in [0, 0.1) is 12.7 Å². The van der Waals surface area contributed by atoms with Crippen molar-refractivity contribution in [2.75, 3.05) is 5.32 Å². The van der Waals surface area contributed by atoms with Gasteiger partial charge in [0.1, 0.15) is 16.9 Å². The number of carbonyl (C=O) groups excluding carboxylic acids is 1. The maximum atomic E-state index is 14.3. The first kappa shape index (κ1) is 17.9. The molecule has 0 radical (unpaired) electrons. The van der Waals surface area contributed by atoms with Crippen molar-refractivity contribution in [1.82, 2.24) is 4.98 Å². The number of nitrogens with one attached hydrogen (secondary N) is 1. The van der Waals surface area contributed by atoms with E-state index in [9.17, 15) is 19.1 Å². The van der Waals surface area contributed by atoms with Crippen molar-refractivity contribution in [1.29, 1.82) is 0 Å². The van der Waals surface area contributed by atoms with E-state index in [2.05, 4.69) is 10.3 Å². The van der Waals surface area contributed by atoms with Crippen molar-refractivity contribution < 1.29 is 23.5 Å². The number of halogens is 1. The van der Waals surface area contributed by atoms with Crippen molar-refractivity contribution in [3.8, 4) is 10.4 Å². The normalized spacial score (nSPS) is 10.9. The maximum absolute atomic E-state index is 14.3. The first-order valence-electron chi connectivity index (χ1n) is 8.22. The van der Waals surface area contributed by atoms with Crippen LogP contribution < -0.4 is 5.32 Å². The summed E-state index contributed by atoms with van der Waals surface area (Å²) in [5, 5.41) is 13.6. The monoisotopic (exact) mass is 396 g/mol. The second-order valence-corrected chi connectivity index (χ2v) is 6.96. The lowest BCUT2D eigenvalue weighted by Crippen LogP contribution is -2.14. The molecule has 0 aliphatic heterocycles. The largest absolute Gasteiger partial charge is 0.478 e. The smallest absolute Gasteiger partial charge is 0.339 e. The van der Waals surface area contributed by atoms with Crippen LogP contribution in [0.1, 0.15) is 26.6 Å². The van der Waals surface area contributed by atoms with E-state index in [1.54, 1.807) is 37.3 Å². The number of carbonyl (C=O) groups is 2. The van der Waals surface area contributed by atoms with Gasteiger partial charge >= 0.3 is 11.9 Å². The summed E-state index contributed by atoms with van der Waals surface area (Å²) in [6.45, 7) is 1.74. The van der Waals surface area contributed by atoms with Crippen LogP contribution in [0.4, 0.5) is 10.1 Å². The molecule has 4 rings (SSSR count). The summed E-state index contributed by atoms with van der Waals surface area (Å²) < 4.78 is 19.7. The number of aromatic nitrogens is 1. The number of para-hydroxylation sites is 2. The fraction of sp³-hybridized carbons (Fsp3) is 0.0500. The molecule has 0 aliphatic carbocycles. The molecular formula is C20H13FN2O4S. The number of carboxylic acids is 1. The molecule has 2 heterocycles. The number of thiophene rings is 1. The first-order chi connectivity index (χ1) is 13.4. The summed E-state index contributed by atoms with van der Waals surface area (Å²) in [5.74, 6) is -2.68. The Morgan fingerprint density at radius 3 is 2.71 bits per heavy atom. The Balaban J connectivity index is 1.71. The second-order valence-electron chi connectivity index (χ2n) is 6.08. The standard InChI is InChI=1S/C20H13FN2O4S/c1-10-6-7-11(12(21)8-10)17-16(20(25)26)14(9-28-17)22-18(24)19-23-13-4-2-3-5-15(13)27-19/h2-9H,1H3,(H,22,24)(H,25,26). The number of anilines is 1. The molecule has 2 aromatic heterocycles. The number of oxazole rings is 1. The Morgan fingerprint density at radius 1 is 1.21 bits per heavy atom. The highest BCUT2D eigenvalue weighted by Gasteiger charge is 2.24. The Bertz CT molecular complexity index is 1200. The number of rotatable bonds is 4. The zero-order valence-corrected chi connectivity index (χ0v) is 15.3. The second kappa shape index (κ2) is 6.90. The van der Waals surface area contributed by atoms with Gasteiger partial charge in [0.2, 0.25) is 0 Å². The molecular weight excluding hydrogens is 383 g/mol. The van der Waals surface area contributed by atoms with Gasteiger partial charge in [0.05, 0.1) is 10.6 Å². The van der Waals surface area contributed by atoms with Gasteiger partial charge in [-0.3, -0.25) is 4.79 Å². The summed E-state index contributed by atoms with van der Waals surface area (Å²) in [6, 6.07) is 11.4. The minimum Gasteiger partial charge on any atom is -0.478 e. The molecule has 6 nitrogen and oxygen atoms in total. The molecule has 2 N–H and O–H groups in total. The lowest BCUT2D eigenvalue weighted by molar-refractivity contribution is 0.0699. The minimum atomic E-state index is -1.27. The highest BCUT2D eigenvalue weighted by Crippen LogP contribution is 2.37. The average molecular weight is 396 g/mol. The number of fused-ring (bicyclic) bond motifs is 1. The molecule has 0 saturated heterocycles. The molecule has 0 unspecified atom stereocenters. The fourth-order valence-corrected chi connectivity index (χ4v) is 3.83. The van der Waals surface area contributed by atoms with Crippen LogP contribution >= 0.6 is 11.3 Å². The minimum absolute atomic E-state index is 0.0553. The number of carboxylic acid groups (broad SMARTS) is 1. The predicted molar refractivity (Wildman–Crippen MR) is 103 cm³/mol. The predicted octanol–water partition coefficient (Wildman–Crippen LogP) is 4.95. The van der Waals surface area contributed by atoms with Gasteiger partial charge in [-0.1, -0.05) is 24.3 Å². The summed E-state index contributed by atoms with van der Waals surface area (Å²) in [6.07, 6.45) is 0. The van der Waals surface area contributed by atoms with Crippen molar-refractivity contribution in [3.05, 3.63) is 70.7 Å². The van der Waals surface area contributed by atoms with Crippen molar-refractivity contribution >= 4 is 40.0 Å². The molecule has 0 spiro atoms. The Kier molecular flexibility index (Phi) is 4.40. The molecule has 4 aromatic rings. The molecule has 1 amide bonds. The lowest BCUT2D eigenvalue weighted by Gasteiger charge is -2.06. The van der Waals surface area contributed by atoms with Crippen LogP contribution in [0.15, 0.2) is 52.3 Å². The van der Waals surface area contributed by atoms with E-state index in [0.717, 1.165) is 16.9 Å². The van der Waals surface area contributed by atoms with Gasteiger partial charge in [-0.2, -0.15) is 0 Å². The molecule has 28 heavy (non-hydrogen) atoms. The summed E-state index contributed by atoms with van der Waals surface area (Å²) in [7, 11) is 0. The van der Waals surface area contributed by atoms with Crippen LogP contribution in [0.2, 0.25) is 0 Å². The summed E-state index contributed by atoms with van der Waals surface area (Å²) in [4.78, 5) is 28.6. The highest BCUT2D eigenvalue weighted by molar-refractivity contribution is 7.14. The van der Waals surface area contributed by atoms with Crippen LogP contribution in [-0.4, -0.2) is 22.0 Å². The zero-order valence-electron chi connectivity index (χ0n) is 14.5.